The number of fused-ring (bicyclic) bond motifs is 8. The van der Waals surface area contributed by atoms with E-state index in [0.717, 1.165) is 91.0 Å². The fourth-order valence-corrected chi connectivity index (χ4v) is 14.6. The summed E-state index contributed by atoms with van der Waals surface area (Å²) in [6.45, 7) is 2.14. The Hall–Kier alpha value is -11.2. The Kier molecular flexibility index (Phi) is 11.9. The van der Waals surface area contributed by atoms with Crippen molar-refractivity contribution in [2.75, 3.05) is 29.4 Å². The van der Waals surface area contributed by atoms with Gasteiger partial charge in [-0.2, -0.15) is 0 Å². The third-order valence-electron chi connectivity index (χ3n) is 18.1. The Morgan fingerprint density at radius 3 is 0.736 bits per heavy atom. The molecule has 0 unspecified atom stereocenters. The molecule has 0 spiro atoms. The summed E-state index contributed by atoms with van der Waals surface area (Å²) >= 11 is 0. The fraction of sp³-hybridized carbons (Fsp3) is 0.0127. The zero-order chi connectivity index (χ0) is 57.5. The lowest BCUT2D eigenvalue weighted by molar-refractivity contribution is 1.21. The third-order valence-corrected chi connectivity index (χ3v) is 18.1. The first-order chi connectivity index (χ1) is 43.2. The Balaban J connectivity index is 1.01. The molecule has 0 amide bonds. The molecule has 8 heteroatoms. The lowest BCUT2D eigenvalue weighted by atomic mass is 9.29. The van der Waals surface area contributed by atoms with Crippen molar-refractivity contribution in [2.24, 2.45) is 0 Å². The highest BCUT2D eigenvalue weighted by molar-refractivity contribution is 7.03. The normalized spacial score (nSPS) is 13.0. The van der Waals surface area contributed by atoms with E-state index >= 15 is 0 Å². The van der Waals surface area contributed by atoms with Crippen LogP contribution in [0.2, 0.25) is 0 Å². The topological polar surface area (TPSA) is 19.4 Å². The van der Waals surface area contributed by atoms with E-state index in [1.54, 1.807) is 0 Å². The highest BCUT2D eigenvalue weighted by Gasteiger charge is 2.50. The van der Waals surface area contributed by atoms with Gasteiger partial charge in [-0.15, -0.1) is 0 Å². The zero-order valence-corrected chi connectivity index (χ0v) is 47.9. The van der Waals surface area contributed by atoms with E-state index in [0.29, 0.717) is 0 Å². The Labute approximate surface area is 509 Å². The van der Waals surface area contributed by atoms with Crippen LogP contribution in [-0.4, -0.2) is 13.4 Å². The number of hydrogen-bond donors (Lipinski definition) is 0. The van der Waals surface area contributed by atoms with Crippen LogP contribution in [-0.2, 0) is 0 Å². The van der Waals surface area contributed by atoms with Gasteiger partial charge in [0, 0.05) is 91.0 Å². The SMILES string of the molecule is Cc1c2c(cc3c1B1c4ccccc4N(c4ccccc4)c4cc(N(c5ccccc5)c5ccccc5)cc(c41)N3c1ccccc1)N(c1ccccc1)c1cc(N(c3ccccc3)c3ccccc3)cc3c1B2c1ccccc1N3c1ccccc1. The monoisotopic (exact) mass is 1110 g/mol. The van der Waals surface area contributed by atoms with Crippen molar-refractivity contribution in [3.8, 4) is 0 Å². The van der Waals surface area contributed by atoms with Crippen LogP contribution in [0.3, 0.4) is 0 Å². The summed E-state index contributed by atoms with van der Waals surface area (Å²) in [7, 11) is 0. The summed E-state index contributed by atoms with van der Waals surface area (Å²) in [5.74, 6) is 0. The molecule has 0 aliphatic carbocycles. The largest absolute Gasteiger partial charge is 0.311 e. The highest BCUT2D eigenvalue weighted by atomic mass is 15.2. The van der Waals surface area contributed by atoms with Crippen LogP contribution in [0.1, 0.15) is 5.56 Å². The number of rotatable bonds is 10. The predicted octanol–water partition coefficient (Wildman–Crippen LogP) is 17.1. The van der Waals surface area contributed by atoms with E-state index in [-0.39, 0.29) is 13.4 Å². The summed E-state index contributed by atoms with van der Waals surface area (Å²) in [5.41, 5.74) is 29.0. The van der Waals surface area contributed by atoms with E-state index in [1.807, 2.05) is 0 Å². The summed E-state index contributed by atoms with van der Waals surface area (Å²) < 4.78 is 0. The van der Waals surface area contributed by atoms with Crippen LogP contribution in [0, 0.1) is 6.92 Å². The minimum atomic E-state index is -0.152. The van der Waals surface area contributed by atoms with Gasteiger partial charge in [0.1, 0.15) is 0 Å². The van der Waals surface area contributed by atoms with Crippen LogP contribution in [0.4, 0.5) is 102 Å². The van der Waals surface area contributed by atoms with Gasteiger partial charge in [-0.05, 0) is 179 Å². The van der Waals surface area contributed by atoms with Crippen LogP contribution in [0.5, 0.6) is 0 Å². The van der Waals surface area contributed by atoms with Gasteiger partial charge in [0.2, 0.25) is 0 Å². The molecule has 17 rings (SSSR count). The van der Waals surface area contributed by atoms with Crippen LogP contribution < -0.4 is 62.2 Å². The van der Waals surface area contributed by atoms with Crippen LogP contribution in [0.25, 0.3) is 0 Å². The summed E-state index contributed by atoms with van der Waals surface area (Å²) in [5, 5.41) is 0. The van der Waals surface area contributed by atoms with Gasteiger partial charge in [-0.25, -0.2) is 0 Å². The van der Waals surface area contributed by atoms with E-state index in [4.69, 9.17) is 0 Å². The second kappa shape index (κ2) is 20.5. The Bertz CT molecular complexity index is 4350. The van der Waals surface area contributed by atoms with Crippen molar-refractivity contribution < 1.29 is 0 Å². The highest BCUT2D eigenvalue weighted by Crippen LogP contribution is 2.52. The smallest absolute Gasteiger partial charge is 0.252 e. The van der Waals surface area contributed by atoms with Crippen LogP contribution >= 0.6 is 0 Å². The molecule has 0 fully saturated rings. The molecule has 13 aromatic carbocycles. The second-order valence-corrected chi connectivity index (χ2v) is 22.8. The molecule has 0 saturated heterocycles. The van der Waals surface area contributed by atoms with E-state index in [1.165, 1.54) is 49.7 Å². The fourth-order valence-electron chi connectivity index (χ4n) is 14.6. The first-order valence-corrected chi connectivity index (χ1v) is 30.1. The van der Waals surface area contributed by atoms with Crippen molar-refractivity contribution in [2.45, 2.75) is 6.92 Å². The number of nitrogens with zero attached hydrogens (tertiary/aromatic N) is 6. The third kappa shape index (κ3) is 7.98. The standard InChI is InChI=1S/C79H56B2N6/c1-55-76-74(86(62-42-22-8-23-43-62)72-52-64(82(56-30-10-2-11-31-56)57-32-12-3-13-33-57)50-70-78(72)80(76)66-46-26-28-48-68(66)84(70)60-38-18-6-19-39-60)54-75-77(55)81-67-47-27-29-49-69(67)85(61-40-20-7-21-41-61)71-51-65(53-73(79(71)81)87(75)63-44-24-9-25-45-63)83(58-34-14-4-15-35-58)59-36-16-5-17-37-59/h2-54H,1H3. The van der Waals surface area contributed by atoms with Crippen molar-refractivity contribution in [1.82, 2.24) is 0 Å². The molecular formula is C79H56B2N6. The minimum absolute atomic E-state index is 0.152. The lowest BCUT2D eigenvalue weighted by Crippen LogP contribution is -2.66. The number of benzene rings is 13. The quantitative estimate of drug-likeness (QED) is 0.126. The minimum Gasteiger partial charge on any atom is -0.311 e. The van der Waals surface area contributed by atoms with Gasteiger partial charge in [-0.3, -0.25) is 0 Å². The van der Waals surface area contributed by atoms with Gasteiger partial charge in [0.25, 0.3) is 13.4 Å². The molecule has 408 valence electrons. The average molecular weight is 1110 g/mol. The summed E-state index contributed by atoms with van der Waals surface area (Å²) in [6, 6.07) is 118. The van der Waals surface area contributed by atoms with Gasteiger partial charge in [0.05, 0.1) is 11.4 Å². The summed E-state index contributed by atoms with van der Waals surface area (Å²) in [4.78, 5) is 15.1. The Morgan fingerprint density at radius 1 is 0.218 bits per heavy atom. The molecular weight excluding hydrogens is 1050 g/mol. The van der Waals surface area contributed by atoms with E-state index < -0.39 is 0 Å². The van der Waals surface area contributed by atoms with E-state index in [2.05, 4.69) is 358 Å². The average Bonchev–Trinajstić information content (AvgIpc) is 0.695. The predicted molar refractivity (Wildman–Crippen MR) is 369 cm³/mol. The first kappa shape index (κ1) is 50.3. The maximum atomic E-state index is 2.59. The molecule has 87 heavy (non-hydrogen) atoms. The molecule has 0 radical (unpaired) electrons. The number of hydrogen-bond acceptors (Lipinski definition) is 6. The first-order valence-electron chi connectivity index (χ1n) is 30.1. The second-order valence-electron chi connectivity index (χ2n) is 22.8. The molecule has 6 nitrogen and oxygen atoms in total. The van der Waals surface area contributed by atoms with Gasteiger partial charge in [0.15, 0.2) is 0 Å². The van der Waals surface area contributed by atoms with Gasteiger partial charge in [-0.1, -0.05) is 188 Å². The van der Waals surface area contributed by atoms with Gasteiger partial charge < -0.3 is 29.4 Å². The maximum absolute atomic E-state index is 2.59. The van der Waals surface area contributed by atoms with Crippen molar-refractivity contribution in [3.05, 3.63) is 327 Å². The lowest BCUT2D eigenvalue weighted by Gasteiger charge is -2.48. The van der Waals surface area contributed by atoms with Crippen molar-refractivity contribution in [1.29, 1.82) is 0 Å². The number of para-hydroxylation sites is 10. The number of anilines is 18. The maximum Gasteiger partial charge on any atom is 0.252 e. The molecule has 0 bridgehead atoms. The molecule has 4 heterocycles. The zero-order valence-electron chi connectivity index (χ0n) is 47.9. The molecule has 4 aliphatic rings. The molecule has 0 atom stereocenters. The van der Waals surface area contributed by atoms with E-state index in [9.17, 15) is 0 Å². The molecule has 4 aliphatic heterocycles. The molecule has 0 saturated carbocycles. The van der Waals surface area contributed by atoms with Crippen molar-refractivity contribution in [3.63, 3.8) is 0 Å². The van der Waals surface area contributed by atoms with Crippen molar-refractivity contribution >= 4 is 149 Å². The van der Waals surface area contributed by atoms with Crippen LogP contribution in [0.15, 0.2) is 322 Å². The summed E-state index contributed by atoms with van der Waals surface area (Å²) in [6.07, 6.45) is 0. The molecule has 0 aromatic heterocycles. The van der Waals surface area contributed by atoms with Gasteiger partial charge >= 0.3 is 0 Å². The Morgan fingerprint density at radius 2 is 0.448 bits per heavy atom. The molecule has 0 N–H and O–H groups in total. The molecule has 13 aromatic rings.